The first-order valence-electron chi connectivity index (χ1n) is 8.38. The van der Waals surface area contributed by atoms with E-state index in [4.69, 9.17) is 9.47 Å². The number of carbonyl (C=O) groups is 1. The summed E-state index contributed by atoms with van der Waals surface area (Å²) in [6.07, 6.45) is 2.19. The minimum absolute atomic E-state index is 0.0774. The summed E-state index contributed by atoms with van der Waals surface area (Å²) in [4.78, 5) is 18.7. The van der Waals surface area contributed by atoms with Crippen molar-refractivity contribution >= 4 is 17.0 Å². The molecule has 0 fully saturated rings. The van der Waals surface area contributed by atoms with Crippen LogP contribution in [0.25, 0.3) is 10.9 Å². The van der Waals surface area contributed by atoms with Crippen molar-refractivity contribution in [2.24, 2.45) is 0 Å². The Balaban J connectivity index is 1.98. The lowest BCUT2D eigenvalue weighted by Gasteiger charge is -2.27. The lowest BCUT2D eigenvalue weighted by atomic mass is 10.1. The number of amides is 1. The zero-order valence-corrected chi connectivity index (χ0v) is 14.7. The molecule has 0 aliphatic carbocycles. The quantitative estimate of drug-likeness (QED) is 0.789. The van der Waals surface area contributed by atoms with Gasteiger partial charge in [0, 0.05) is 17.1 Å². The predicted octanol–water partition coefficient (Wildman–Crippen LogP) is 4.14. The first-order chi connectivity index (χ1) is 11.4. The molecule has 5 nitrogen and oxygen atoms in total. The van der Waals surface area contributed by atoms with Gasteiger partial charge in [-0.25, -0.2) is 4.79 Å². The molecule has 1 aliphatic rings. The van der Waals surface area contributed by atoms with Crippen molar-refractivity contribution in [3.8, 4) is 5.75 Å². The van der Waals surface area contributed by atoms with E-state index in [0.29, 0.717) is 13.1 Å². The highest BCUT2D eigenvalue weighted by molar-refractivity contribution is 5.86. The molecule has 5 heteroatoms. The van der Waals surface area contributed by atoms with Crippen LogP contribution in [0.2, 0.25) is 0 Å². The number of hydrogen-bond acceptors (Lipinski definition) is 4. The lowest BCUT2D eigenvalue weighted by molar-refractivity contribution is 0.0177. The predicted molar refractivity (Wildman–Crippen MR) is 93.1 cm³/mol. The van der Waals surface area contributed by atoms with E-state index in [0.717, 1.165) is 28.6 Å². The van der Waals surface area contributed by atoms with Gasteiger partial charge in [-0.2, -0.15) is 0 Å². The third-order valence-corrected chi connectivity index (χ3v) is 3.99. The molecule has 1 atom stereocenters. The number of rotatable bonds is 1. The van der Waals surface area contributed by atoms with E-state index in [-0.39, 0.29) is 12.2 Å². The summed E-state index contributed by atoms with van der Waals surface area (Å²) < 4.78 is 11.8. The van der Waals surface area contributed by atoms with Gasteiger partial charge in [-0.3, -0.25) is 4.98 Å². The van der Waals surface area contributed by atoms with Crippen LogP contribution in [0.5, 0.6) is 5.75 Å². The minimum atomic E-state index is -0.514. The number of ether oxygens (including phenoxy) is 2. The van der Waals surface area contributed by atoms with Crippen LogP contribution in [0.4, 0.5) is 4.79 Å². The van der Waals surface area contributed by atoms with Crippen LogP contribution >= 0.6 is 0 Å². The van der Waals surface area contributed by atoms with Crippen molar-refractivity contribution in [3.63, 3.8) is 0 Å². The Morgan fingerprint density at radius 2 is 2.17 bits per heavy atom. The first kappa shape index (κ1) is 16.6. The number of aromatic nitrogens is 1. The molecule has 2 aromatic rings. The van der Waals surface area contributed by atoms with Crippen LogP contribution in [0.15, 0.2) is 30.5 Å². The number of hydrogen-bond donors (Lipinski definition) is 0. The summed E-state index contributed by atoms with van der Waals surface area (Å²) in [5.41, 5.74) is 1.29. The van der Waals surface area contributed by atoms with Gasteiger partial charge >= 0.3 is 6.09 Å². The highest BCUT2D eigenvalue weighted by Crippen LogP contribution is 2.33. The molecule has 0 saturated heterocycles. The maximum absolute atomic E-state index is 12.5. The molecular formula is C19H24N2O3. The molecule has 0 bridgehead atoms. The fourth-order valence-corrected chi connectivity index (χ4v) is 2.81. The van der Waals surface area contributed by atoms with Gasteiger partial charge in [0.15, 0.2) is 5.75 Å². The second-order valence-electron chi connectivity index (χ2n) is 7.14. The molecule has 1 amide bonds. The average molecular weight is 328 g/mol. The smallest absolute Gasteiger partial charge is 0.410 e. The zero-order valence-electron chi connectivity index (χ0n) is 14.7. The standard InChI is InChI=1S/C19H24N2O3/c1-5-15-12-21(18(22)24-19(2,3)4)11-14-9-8-13-7-6-10-20-16(13)17(14)23-15/h6-10,15H,5,11-12H2,1-4H3/t15-/m1/s1. The molecule has 0 spiro atoms. The largest absolute Gasteiger partial charge is 0.486 e. The molecule has 2 heterocycles. The van der Waals surface area contributed by atoms with E-state index in [9.17, 15) is 4.79 Å². The Hall–Kier alpha value is -2.30. The molecule has 1 aliphatic heterocycles. The van der Waals surface area contributed by atoms with Crippen molar-refractivity contribution in [3.05, 3.63) is 36.0 Å². The van der Waals surface area contributed by atoms with Gasteiger partial charge in [-0.05, 0) is 33.3 Å². The Morgan fingerprint density at radius 1 is 1.38 bits per heavy atom. The number of pyridine rings is 1. The Labute approximate surface area is 142 Å². The van der Waals surface area contributed by atoms with Gasteiger partial charge in [0.1, 0.15) is 17.2 Å². The van der Waals surface area contributed by atoms with Crippen LogP contribution in [0, 0.1) is 0 Å². The van der Waals surface area contributed by atoms with Crippen LogP contribution in [-0.2, 0) is 11.3 Å². The molecular weight excluding hydrogens is 304 g/mol. The van der Waals surface area contributed by atoms with E-state index >= 15 is 0 Å². The summed E-state index contributed by atoms with van der Waals surface area (Å²) in [5, 5.41) is 1.04. The second-order valence-corrected chi connectivity index (χ2v) is 7.14. The summed E-state index contributed by atoms with van der Waals surface area (Å²) in [5.74, 6) is 0.783. The molecule has 128 valence electrons. The fourth-order valence-electron chi connectivity index (χ4n) is 2.81. The summed E-state index contributed by atoms with van der Waals surface area (Å²) in [7, 11) is 0. The molecule has 0 N–H and O–H groups in total. The second kappa shape index (κ2) is 6.30. The van der Waals surface area contributed by atoms with E-state index in [1.807, 2.05) is 45.0 Å². The molecule has 3 rings (SSSR count). The molecule has 0 saturated carbocycles. The van der Waals surface area contributed by atoms with Crippen LogP contribution in [0.1, 0.15) is 39.7 Å². The van der Waals surface area contributed by atoms with Crippen LogP contribution in [0.3, 0.4) is 0 Å². The summed E-state index contributed by atoms with van der Waals surface area (Å²) in [6, 6.07) is 7.96. The van der Waals surface area contributed by atoms with E-state index in [1.54, 1.807) is 11.1 Å². The summed E-state index contributed by atoms with van der Waals surface area (Å²) in [6.45, 7) is 8.66. The number of carbonyl (C=O) groups excluding carboxylic acids is 1. The zero-order chi connectivity index (χ0) is 17.3. The minimum Gasteiger partial charge on any atom is -0.486 e. The van der Waals surface area contributed by atoms with Crippen molar-refractivity contribution in [2.75, 3.05) is 6.54 Å². The van der Waals surface area contributed by atoms with Gasteiger partial charge < -0.3 is 14.4 Å². The number of fused-ring (bicyclic) bond motifs is 3. The van der Waals surface area contributed by atoms with Crippen molar-refractivity contribution in [1.29, 1.82) is 0 Å². The van der Waals surface area contributed by atoms with Crippen LogP contribution in [-0.4, -0.2) is 34.2 Å². The monoisotopic (exact) mass is 328 g/mol. The molecule has 1 aromatic heterocycles. The Morgan fingerprint density at radius 3 is 2.88 bits per heavy atom. The van der Waals surface area contributed by atoms with Gasteiger partial charge in [0.2, 0.25) is 0 Å². The summed E-state index contributed by atoms with van der Waals surface area (Å²) >= 11 is 0. The SMILES string of the molecule is CC[C@@H]1CN(C(=O)OC(C)(C)C)Cc2ccc3cccnc3c2O1. The van der Waals surface area contributed by atoms with Gasteiger partial charge in [-0.15, -0.1) is 0 Å². The average Bonchev–Trinajstić information content (AvgIpc) is 2.72. The highest BCUT2D eigenvalue weighted by atomic mass is 16.6. The van der Waals surface area contributed by atoms with Crippen molar-refractivity contribution in [1.82, 2.24) is 9.88 Å². The van der Waals surface area contributed by atoms with E-state index in [1.165, 1.54) is 0 Å². The van der Waals surface area contributed by atoms with Gasteiger partial charge in [0.05, 0.1) is 13.1 Å². The maximum Gasteiger partial charge on any atom is 0.410 e. The third kappa shape index (κ3) is 3.45. The Kier molecular flexibility index (Phi) is 4.35. The third-order valence-electron chi connectivity index (χ3n) is 3.99. The molecule has 24 heavy (non-hydrogen) atoms. The Bertz CT molecular complexity index is 752. The fraction of sp³-hybridized carbons (Fsp3) is 0.474. The van der Waals surface area contributed by atoms with Crippen molar-refractivity contribution < 1.29 is 14.3 Å². The normalized spacial score (nSPS) is 17.8. The van der Waals surface area contributed by atoms with Crippen LogP contribution < -0.4 is 4.74 Å². The lowest BCUT2D eigenvalue weighted by Crippen LogP contribution is -2.40. The molecule has 0 unspecified atom stereocenters. The number of benzene rings is 1. The number of nitrogens with zero attached hydrogens (tertiary/aromatic N) is 2. The molecule has 0 radical (unpaired) electrons. The van der Waals surface area contributed by atoms with Gasteiger partial charge in [-0.1, -0.05) is 25.1 Å². The molecule has 1 aromatic carbocycles. The first-order valence-corrected chi connectivity index (χ1v) is 8.38. The van der Waals surface area contributed by atoms with E-state index in [2.05, 4.69) is 11.9 Å². The maximum atomic E-state index is 12.5. The topological polar surface area (TPSA) is 51.7 Å². The van der Waals surface area contributed by atoms with Gasteiger partial charge in [0.25, 0.3) is 0 Å². The van der Waals surface area contributed by atoms with E-state index < -0.39 is 5.60 Å². The highest BCUT2D eigenvalue weighted by Gasteiger charge is 2.29. The van der Waals surface area contributed by atoms with Crippen molar-refractivity contribution in [2.45, 2.75) is 52.4 Å².